The Labute approximate surface area is 178 Å². The van der Waals surface area contributed by atoms with Gasteiger partial charge in [0.25, 0.3) is 11.5 Å². The minimum absolute atomic E-state index is 0.0504. The lowest BCUT2D eigenvalue weighted by Gasteiger charge is -2.30. The van der Waals surface area contributed by atoms with Gasteiger partial charge in [0.15, 0.2) is 0 Å². The first-order valence-corrected chi connectivity index (χ1v) is 11.4. The summed E-state index contributed by atoms with van der Waals surface area (Å²) in [6, 6.07) is 3.44. The highest BCUT2D eigenvalue weighted by Crippen LogP contribution is 2.35. The van der Waals surface area contributed by atoms with Crippen molar-refractivity contribution in [1.82, 2.24) is 9.55 Å². The van der Waals surface area contributed by atoms with E-state index in [9.17, 15) is 14.0 Å². The summed E-state index contributed by atoms with van der Waals surface area (Å²) in [5.41, 5.74) is 2.73. The molecule has 156 valence electrons. The quantitative estimate of drug-likeness (QED) is 0.575. The Morgan fingerprint density at radius 2 is 1.93 bits per heavy atom. The van der Waals surface area contributed by atoms with Crippen molar-refractivity contribution >= 4 is 33.1 Å². The summed E-state index contributed by atoms with van der Waals surface area (Å²) in [4.78, 5) is 34.1. The number of benzene rings is 1. The number of halogens is 1. The fourth-order valence-corrected chi connectivity index (χ4v) is 5.92. The molecule has 1 aromatic carbocycles. The van der Waals surface area contributed by atoms with E-state index >= 15 is 0 Å². The normalized spacial score (nSPS) is 16.3. The van der Waals surface area contributed by atoms with Gasteiger partial charge in [-0.2, -0.15) is 0 Å². The summed E-state index contributed by atoms with van der Waals surface area (Å²) in [7, 11) is 0. The highest BCUT2D eigenvalue weighted by Gasteiger charge is 2.30. The molecule has 5 nitrogen and oxygen atoms in total. The molecule has 4 heterocycles. The molecule has 0 radical (unpaired) electrons. The van der Waals surface area contributed by atoms with Crippen LogP contribution in [0.2, 0.25) is 0 Å². The maximum absolute atomic E-state index is 14.8. The maximum atomic E-state index is 14.8. The summed E-state index contributed by atoms with van der Waals surface area (Å²) >= 11 is 1.27. The van der Waals surface area contributed by atoms with Gasteiger partial charge in [0.2, 0.25) is 0 Å². The Morgan fingerprint density at radius 3 is 2.77 bits per heavy atom. The predicted molar refractivity (Wildman–Crippen MR) is 117 cm³/mol. The number of nitrogens with zero attached hydrogens (tertiary/aromatic N) is 3. The second kappa shape index (κ2) is 7.30. The van der Waals surface area contributed by atoms with Gasteiger partial charge < -0.3 is 4.90 Å². The zero-order valence-electron chi connectivity index (χ0n) is 17.3. The van der Waals surface area contributed by atoms with Crippen LogP contribution >= 0.6 is 11.3 Å². The molecule has 2 aliphatic heterocycles. The fourth-order valence-electron chi connectivity index (χ4n) is 4.78. The summed E-state index contributed by atoms with van der Waals surface area (Å²) < 4.78 is 16.6. The zero-order chi connectivity index (χ0) is 21.0. The first-order chi connectivity index (χ1) is 14.5. The van der Waals surface area contributed by atoms with Crippen LogP contribution in [-0.2, 0) is 19.4 Å². The first-order valence-electron chi connectivity index (χ1n) is 10.6. The second-order valence-electron chi connectivity index (χ2n) is 8.35. The van der Waals surface area contributed by atoms with Crippen LogP contribution in [0.25, 0.3) is 10.2 Å². The van der Waals surface area contributed by atoms with Gasteiger partial charge in [-0.1, -0.05) is 12.5 Å². The van der Waals surface area contributed by atoms with Crippen molar-refractivity contribution in [1.29, 1.82) is 0 Å². The second-order valence-corrected chi connectivity index (χ2v) is 9.35. The third-order valence-corrected chi connectivity index (χ3v) is 7.41. The highest BCUT2D eigenvalue weighted by atomic mass is 32.1. The van der Waals surface area contributed by atoms with Crippen molar-refractivity contribution in [3.05, 3.63) is 55.7 Å². The van der Waals surface area contributed by atoms with Gasteiger partial charge in [0.1, 0.15) is 16.5 Å². The van der Waals surface area contributed by atoms with Crippen LogP contribution in [0, 0.1) is 19.7 Å². The third-order valence-electron chi connectivity index (χ3n) is 6.24. The summed E-state index contributed by atoms with van der Waals surface area (Å²) in [5.74, 6) is 0.218. The molecule has 0 saturated carbocycles. The van der Waals surface area contributed by atoms with Crippen molar-refractivity contribution < 1.29 is 9.18 Å². The van der Waals surface area contributed by atoms with Crippen LogP contribution in [0.5, 0.6) is 0 Å². The van der Waals surface area contributed by atoms with Gasteiger partial charge in [-0.3, -0.25) is 14.2 Å². The number of amides is 1. The molecule has 0 fully saturated rings. The Kier molecular flexibility index (Phi) is 4.73. The Bertz CT molecular complexity index is 1240. The fraction of sp³-hybridized carbons (Fsp3) is 0.435. The molecule has 7 heteroatoms. The summed E-state index contributed by atoms with van der Waals surface area (Å²) in [5, 5.41) is 0.538. The molecule has 1 amide bonds. The van der Waals surface area contributed by atoms with Gasteiger partial charge in [-0.15, -0.1) is 11.3 Å². The molecular formula is C23H24FN3O2S. The highest BCUT2D eigenvalue weighted by molar-refractivity contribution is 7.20. The van der Waals surface area contributed by atoms with E-state index in [-0.39, 0.29) is 17.3 Å². The number of rotatable bonds is 1. The van der Waals surface area contributed by atoms with E-state index in [1.807, 2.05) is 19.9 Å². The van der Waals surface area contributed by atoms with Gasteiger partial charge in [-0.25, -0.2) is 9.37 Å². The Balaban J connectivity index is 1.63. The molecule has 5 rings (SSSR count). The lowest BCUT2D eigenvalue weighted by molar-refractivity contribution is 0.0987. The van der Waals surface area contributed by atoms with E-state index in [1.54, 1.807) is 9.47 Å². The van der Waals surface area contributed by atoms with Crippen molar-refractivity contribution in [2.75, 3.05) is 11.4 Å². The van der Waals surface area contributed by atoms with Gasteiger partial charge in [-0.05, 0) is 62.3 Å². The van der Waals surface area contributed by atoms with Gasteiger partial charge in [0.05, 0.1) is 16.0 Å². The van der Waals surface area contributed by atoms with Crippen LogP contribution in [0.1, 0.15) is 57.9 Å². The summed E-state index contributed by atoms with van der Waals surface area (Å²) in [6.45, 7) is 4.83. The van der Waals surface area contributed by atoms with Crippen LogP contribution < -0.4 is 10.5 Å². The number of hydrogen-bond donors (Lipinski definition) is 0. The van der Waals surface area contributed by atoms with E-state index in [0.717, 1.165) is 55.5 Å². The third kappa shape index (κ3) is 2.98. The molecule has 0 bridgehead atoms. The van der Waals surface area contributed by atoms with E-state index in [2.05, 4.69) is 0 Å². The monoisotopic (exact) mass is 425 g/mol. The zero-order valence-corrected chi connectivity index (χ0v) is 18.1. The number of aryl methyl sites for hydroxylation is 4. The molecule has 2 aliphatic rings. The number of thiophene rings is 1. The smallest absolute Gasteiger partial charge is 0.268 e. The van der Waals surface area contributed by atoms with Crippen LogP contribution in [-0.4, -0.2) is 22.0 Å². The molecule has 3 aromatic rings. The van der Waals surface area contributed by atoms with Crippen LogP contribution in [0.4, 0.5) is 10.1 Å². The Morgan fingerprint density at radius 1 is 1.10 bits per heavy atom. The molecular weight excluding hydrogens is 401 g/mol. The van der Waals surface area contributed by atoms with E-state index < -0.39 is 0 Å². The van der Waals surface area contributed by atoms with Gasteiger partial charge >= 0.3 is 0 Å². The molecule has 0 saturated heterocycles. The van der Waals surface area contributed by atoms with Crippen molar-refractivity contribution in [3.8, 4) is 0 Å². The molecule has 30 heavy (non-hydrogen) atoms. The molecule has 0 unspecified atom stereocenters. The topological polar surface area (TPSA) is 55.2 Å². The predicted octanol–water partition coefficient (Wildman–Crippen LogP) is 4.53. The van der Waals surface area contributed by atoms with Crippen LogP contribution in [0.15, 0.2) is 16.9 Å². The molecule has 0 N–H and O–H groups in total. The minimum atomic E-state index is -0.360. The standard InChI is InChI=1S/C23H24FN3O2S/c1-13-11-15-7-6-10-27(19(15)16(24)12-13)23(29)20-14(2)18-21(30-20)25-17-8-4-3-5-9-26(17)22(18)28/h11-12H,3-10H2,1-2H3. The van der Waals surface area contributed by atoms with E-state index in [0.29, 0.717) is 39.4 Å². The Hall–Kier alpha value is -2.54. The number of hydrogen-bond acceptors (Lipinski definition) is 4. The van der Waals surface area contributed by atoms with Gasteiger partial charge in [0, 0.05) is 19.5 Å². The number of anilines is 1. The van der Waals surface area contributed by atoms with E-state index in [4.69, 9.17) is 4.98 Å². The minimum Gasteiger partial charge on any atom is -0.305 e. The average molecular weight is 426 g/mol. The van der Waals surface area contributed by atoms with Crippen LogP contribution in [0.3, 0.4) is 0 Å². The molecule has 0 spiro atoms. The first kappa shape index (κ1) is 19.4. The molecule has 0 aliphatic carbocycles. The number of fused-ring (bicyclic) bond motifs is 3. The SMILES string of the molecule is Cc1cc(F)c2c(c1)CCCN2C(=O)c1sc2nc3n(c(=O)c2c1C)CCCCC3. The molecule has 2 aromatic heterocycles. The largest absolute Gasteiger partial charge is 0.305 e. The van der Waals surface area contributed by atoms with Crippen molar-refractivity contribution in [2.24, 2.45) is 0 Å². The summed E-state index contributed by atoms with van der Waals surface area (Å²) in [6.07, 6.45) is 5.43. The number of aromatic nitrogens is 2. The number of carbonyl (C=O) groups is 1. The molecule has 0 atom stereocenters. The lowest BCUT2D eigenvalue weighted by Crippen LogP contribution is -2.36. The maximum Gasteiger partial charge on any atom is 0.268 e. The van der Waals surface area contributed by atoms with Crippen molar-refractivity contribution in [3.63, 3.8) is 0 Å². The average Bonchev–Trinajstić information content (AvgIpc) is 2.88. The number of carbonyl (C=O) groups excluding carboxylic acids is 1. The van der Waals surface area contributed by atoms with Crippen molar-refractivity contribution in [2.45, 2.75) is 58.9 Å². The van der Waals surface area contributed by atoms with E-state index in [1.165, 1.54) is 17.4 Å². The lowest BCUT2D eigenvalue weighted by atomic mass is 9.98.